The molecule has 1 aliphatic carbocycles. The topological polar surface area (TPSA) is 237 Å². The van der Waals surface area contributed by atoms with Gasteiger partial charge in [-0.3, -0.25) is 59.0 Å². The van der Waals surface area contributed by atoms with Crippen LogP contribution in [0.15, 0.2) is 60.8 Å². The Morgan fingerprint density at radius 2 is 1.70 bits per heavy atom. The van der Waals surface area contributed by atoms with Crippen LogP contribution in [0.2, 0.25) is 0 Å². The molecule has 66 heavy (non-hydrogen) atoms. The second-order valence-electron chi connectivity index (χ2n) is 17.6. The van der Waals surface area contributed by atoms with Crippen LogP contribution in [-0.4, -0.2) is 156 Å². The van der Waals surface area contributed by atoms with Crippen LogP contribution < -0.4 is 26.0 Å². The number of aromatic nitrogens is 1. The molecule has 6 aliphatic rings. The highest BCUT2D eigenvalue weighted by atomic mass is 32.2. The van der Waals surface area contributed by atoms with Gasteiger partial charge in [0.05, 0.1) is 41.0 Å². The molecular weight excluding hydrogens is 891 g/mol. The number of nitrogens with one attached hydrogen (secondary N) is 4. The normalized spacial score (nSPS) is 24.3. The highest BCUT2D eigenvalue weighted by Crippen LogP contribution is 2.49. The van der Waals surface area contributed by atoms with Crippen molar-refractivity contribution in [2.75, 3.05) is 71.0 Å². The summed E-state index contributed by atoms with van der Waals surface area (Å²) in [6.07, 6.45) is 4.86. The number of thioether (sulfide) groups is 1. The Balaban J connectivity index is 0.733. The van der Waals surface area contributed by atoms with E-state index in [1.807, 2.05) is 35.2 Å². The van der Waals surface area contributed by atoms with Gasteiger partial charge in [-0.25, -0.2) is 12.7 Å². The first-order chi connectivity index (χ1) is 31.7. The Kier molecular flexibility index (Phi) is 12.7. The Labute approximate surface area is 385 Å². The van der Waals surface area contributed by atoms with Gasteiger partial charge in [0.25, 0.3) is 11.8 Å². The predicted molar refractivity (Wildman–Crippen MR) is 240 cm³/mol. The molecule has 0 bridgehead atoms. The number of piperazine rings is 1. The lowest BCUT2D eigenvalue weighted by molar-refractivity contribution is -0.137. The van der Waals surface area contributed by atoms with E-state index in [1.165, 1.54) is 16.4 Å². The van der Waals surface area contributed by atoms with E-state index in [4.69, 9.17) is 9.72 Å². The number of carbonyl (C=O) groups is 7. The van der Waals surface area contributed by atoms with E-state index in [1.54, 1.807) is 24.0 Å². The van der Waals surface area contributed by atoms with Crippen molar-refractivity contribution in [2.45, 2.75) is 55.1 Å². The summed E-state index contributed by atoms with van der Waals surface area (Å²) < 4.78 is 30.9. The van der Waals surface area contributed by atoms with E-state index >= 15 is 0 Å². The summed E-state index contributed by atoms with van der Waals surface area (Å²) in [5.41, 5.74) is 3.04. The second kappa shape index (κ2) is 18.5. The van der Waals surface area contributed by atoms with Crippen molar-refractivity contribution in [3.63, 3.8) is 0 Å². The maximum Gasteiger partial charge on any atom is 0.262 e. The first-order valence-corrected chi connectivity index (χ1v) is 25.0. The molecule has 3 aromatic rings. The summed E-state index contributed by atoms with van der Waals surface area (Å²) >= 11 is 1.55. The largest absolute Gasteiger partial charge is 0.492 e. The first kappa shape index (κ1) is 45.4. The van der Waals surface area contributed by atoms with Crippen LogP contribution in [0.25, 0.3) is 11.1 Å². The summed E-state index contributed by atoms with van der Waals surface area (Å²) in [5, 5.41) is 11.2. The Morgan fingerprint density at radius 3 is 2.44 bits per heavy atom. The summed E-state index contributed by atoms with van der Waals surface area (Å²) in [6, 6.07) is 15.7. The van der Waals surface area contributed by atoms with Crippen molar-refractivity contribution in [1.82, 2.24) is 45.3 Å². The lowest BCUT2D eigenvalue weighted by Gasteiger charge is -2.36. The highest BCUT2D eigenvalue weighted by Gasteiger charge is 2.54. The van der Waals surface area contributed by atoms with E-state index in [2.05, 4.69) is 32.2 Å². The van der Waals surface area contributed by atoms with Gasteiger partial charge in [0.15, 0.2) is 0 Å². The summed E-state index contributed by atoms with van der Waals surface area (Å²) in [5.74, 6) is -2.22. The number of fused-ring (bicyclic) bond motifs is 1. The number of carbonyl (C=O) groups excluding carboxylic acids is 7. The first-order valence-electron chi connectivity index (χ1n) is 22.1. The van der Waals surface area contributed by atoms with Gasteiger partial charge in [0.2, 0.25) is 39.6 Å². The molecular formula is C45H51N9O10S2. The number of hydrogen-bond donors (Lipinski definition) is 4. The number of piperidine rings is 1. The van der Waals surface area contributed by atoms with Crippen molar-refractivity contribution in [2.24, 2.45) is 5.92 Å². The van der Waals surface area contributed by atoms with Crippen molar-refractivity contribution in [1.29, 1.82) is 0 Å². The van der Waals surface area contributed by atoms with Crippen LogP contribution in [-0.2, 0) is 39.4 Å². The molecule has 7 amide bonds. The molecule has 1 aromatic heterocycles. The molecule has 4 saturated heterocycles. The van der Waals surface area contributed by atoms with Gasteiger partial charge < -0.3 is 20.3 Å². The minimum Gasteiger partial charge on any atom is -0.492 e. The minimum atomic E-state index is -3.37. The van der Waals surface area contributed by atoms with Gasteiger partial charge in [-0.05, 0) is 78.8 Å². The molecule has 4 atom stereocenters. The average molecular weight is 942 g/mol. The van der Waals surface area contributed by atoms with Gasteiger partial charge in [-0.15, -0.1) is 11.8 Å². The van der Waals surface area contributed by atoms with Crippen molar-refractivity contribution < 1.29 is 46.7 Å². The number of sulfonamides is 1. The second-order valence-corrected chi connectivity index (χ2v) is 20.7. The number of imide groups is 2. The van der Waals surface area contributed by atoms with Crippen molar-refractivity contribution >= 4 is 63.1 Å². The van der Waals surface area contributed by atoms with Crippen LogP contribution in [0, 0.1) is 5.92 Å². The lowest BCUT2D eigenvalue weighted by atomic mass is 9.95. The van der Waals surface area contributed by atoms with Crippen LogP contribution in [0.1, 0.15) is 70.1 Å². The average Bonchev–Trinajstić information content (AvgIpc) is 3.59. The molecule has 21 heteroatoms. The third kappa shape index (κ3) is 9.44. The molecule has 5 aliphatic heterocycles. The molecule has 6 heterocycles. The number of nitrogens with zero attached hydrogens (tertiary/aromatic N) is 5. The van der Waals surface area contributed by atoms with Crippen LogP contribution in [0.4, 0.5) is 0 Å². The summed E-state index contributed by atoms with van der Waals surface area (Å²) in [6.45, 7) is 3.53. The van der Waals surface area contributed by atoms with Crippen molar-refractivity contribution in [3.8, 4) is 16.9 Å². The van der Waals surface area contributed by atoms with Gasteiger partial charge >= 0.3 is 0 Å². The SMILES string of the molecule is CS(=O)(=O)N1CCC(C(=O)NCC(=O)NC2NC(c3cccc(-c4ccnc(C5(C(=O)N6CCN(CCOc7ccc8c(c7)C(=O)N(C7CCC(=O)NC7=O)C8=O)CC6)CC5)c4)c3)CS2)C1. The molecule has 4 N–H and O–H groups in total. The van der Waals surface area contributed by atoms with Crippen LogP contribution >= 0.6 is 11.8 Å². The molecule has 5 fully saturated rings. The molecule has 19 nitrogen and oxygen atoms in total. The zero-order chi connectivity index (χ0) is 46.3. The third-order valence-electron chi connectivity index (χ3n) is 13.3. The standard InChI is InChI=1S/C45H51N9O10S2/c1-66(62,63)53-14-10-30(25-53)39(57)47-24-38(56)50-44-48-34(26-65-44)29-4-2-3-27(21-29)28-9-13-46-36(22-28)45(11-12-45)43(61)52-17-15-51(16-18-52)19-20-64-31-5-6-32-33(23-31)42(60)54(41(32)59)35-7-8-37(55)49-40(35)58/h2-6,9,13,21-23,30,34-35,44,48H,7-8,10-12,14-20,24-26H2,1H3,(H,47,57)(H,50,56)(H,49,55,58). The smallest absolute Gasteiger partial charge is 0.262 e. The lowest BCUT2D eigenvalue weighted by Crippen LogP contribution is -2.54. The predicted octanol–water partition coefficient (Wildman–Crippen LogP) is 0.580. The highest BCUT2D eigenvalue weighted by molar-refractivity contribution is 8.00. The Morgan fingerprint density at radius 1 is 0.924 bits per heavy atom. The van der Waals surface area contributed by atoms with Crippen LogP contribution in [0.5, 0.6) is 5.75 Å². The number of amides is 7. The van der Waals surface area contributed by atoms with Crippen LogP contribution in [0.3, 0.4) is 0 Å². The van der Waals surface area contributed by atoms with E-state index in [-0.39, 0.29) is 72.9 Å². The maximum atomic E-state index is 14.1. The minimum absolute atomic E-state index is 0.0464. The zero-order valence-electron chi connectivity index (χ0n) is 36.3. The third-order valence-corrected chi connectivity index (χ3v) is 15.6. The monoisotopic (exact) mass is 941 g/mol. The molecule has 348 valence electrons. The molecule has 9 rings (SSSR count). The van der Waals surface area contributed by atoms with E-state index in [0.717, 1.165) is 46.4 Å². The fraction of sp³-hybridized carbons (Fsp3) is 0.467. The van der Waals surface area contributed by atoms with E-state index in [0.29, 0.717) is 57.3 Å². The number of pyridine rings is 1. The molecule has 1 saturated carbocycles. The Hall–Kier alpha value is -5.74. The fourth-order valence-electron chi connectivity index (χ4n) is 9.32. The quantitative estimate of drug-likeness (QED) is 0.162. The molecule has 0 spiro atoms. The zero-order valence-corrected chi connectivity index (χ0v) is 38.0. The molecule has 4 unspecified atom stereocenters. The Bertz CT molecular complexity index is 2600. The molecule has 0 radical (unpaired) electrons. The van der Waals surface area contributed by atoms with Gasteiger partial charge in [-0.2, -0.15) is 0 Å². The fourth-order valence-corrected chi connectivity index (χ4v) is 11.4. The number of benzene rings is 2. The number of hydrogen-bond acceptors (Lipinski definition) is 14. The number of rotatable bonds is 14. The van der Waals surface area contributed by atoms with Gasteiger partial charge in [0, 0.05) is 70.2 Å². The van der Waals surface area contributed by atoms with Gasteiger partial charge in [-0.1, -0.05) is 18.2 Å². The van der Waals surface area contributed by atoms with E-state index < -0.39 is 51.0 Å². The number of ether oxygens (including phenoxy) is 1. The molecule has 2 aromatic carbocycles. The summed E-state index contributed by atoms with van der Waals surface area (Å²) in [4.78, 5) is 99.5. The van der Waals surface area contributed by atoms with Gasteiger partial charge in [0.1, 0.15) is 23.9 Å². The van der Waals surface area contributed by atoms with Crippen molar-refractivity contribution in [3.05, 3.63) is 83.2 Å². The summed E-state index contributed by atoms with van der Waals surface area (Å²) in [7, 11) is -3.37. The maximum absolute atomic E-state index is 14.1. The van der Waals surface area contributed by atoms with E-state index in [9.17, 15) is 42.0 Å².